The van der Waals surface area contributed by atoms with Crippen LogP contribution in [0, 0.1) is 0 Å². The summed E-state index contributed by atoms with van der Waals surface area (Å²) in [4.78, 5) is 14.7. The SMILES string of the molecule is COc1ccccc1OCCNC(=O)c1ccc(CN2CC(C)OC(C)C2)cc1. The fourth-order valence-electron chi connectivity index (χ4n) is 3.60. The molecule has 156 valence electrons. The Hall–Kier alpha value is -2.57. The molecule has 0 spiro atoms. The zero-order valence-electron chi connectivity index (χ0n) is 17.4. The third kappa shape index (κ3) is 6.21. The molecule has 0 aliphatic carbocycles. The van der Waals surface area contributed by atoms with E-state index in [0.717, 1.165) is 19.6 Å². The van der Waals surface area contributed by atoms with Gasteiger partial charge in [-0.05, 0) is 43.7 Å². The molecule has 0 radical (unpaired) electrons. The molecule has 1 amide bonds. The second kappa shape index (κ2) is 10.3. The van der Waals surface area contributed by atoms with Crippen LogP contribution in [0.4, 0.5) is 0 Å². The van der Waals surface area contributed by atoms with Gasteiger partial charge < -0.3 is 19.5 Å². The first kappa shape index (κ1) is 21.1. The number of para-hydroxylation sites is 2. The number of nitrogens with one attached hydrogen (secondary N) is 1. The fraction of sp³-hybridized carbons (Fsp3) is 0.435. The van der Waals surface area contributed by atoms with Crippen LogP contribution in [0.3, 0.4) is 0 Å². The van der Waals surface area contributed by atoms with E-state index in [2.05, 4.69) is 24.1 Å². The summed E-state index contributed by atoms with van der Waals surface area (Å²) in [6.45, 7) is 7.73. The summed E-state index contributed by atoms with van der Waals surface area (Å²) in [7, 11) is 1.61. The van der Waals surface area contributed by atoms with Gasteiger partial charge in [0.05, 0.1) is 25.9 Å². The van der Waals surface area contributed by atoms with Gasteiger partial charge in [0, 0.05) is 25.2 Å². The molecule has 2 atom stereocenters. The summed E-state index contributed by atoms with van der Waals surface area (Å²) in [6, 6.07) is 15.2. The molecule has 2 aromatic carbocycles. The Labute approximate surface area is 172 Å². The highest BCUT2D eigenvalue weighted by Gasteiger charge is 2.22. The van der Waals surface area contributed by atoms with Crippen LogP contribution in [-0.4, -0.2) is 56.4 Å². The van der Waals surface area contributed by atoms with Crippen molar-refractivity contribution >= 4 is 5.91 Å². The molecule has 0 saturated carbocycles. The maximum absolute atomic E-state index is 12.3. The van der Waals surface area contributed by atoms with E-state index in [-0.39, 0.29) is 18.1 Å². The zero-order chi connectivity index (χ0) is 20.6. The average molecular weight is 399 g/mol. The van der Waals surface area contributed by atoms with Gasteiger partial charge in [-0.1, -0.05) is 24.3 Å². The first-order chi connectivity index (χ1) is 14.0. The van der Waals surface area contributed by atoms with Crippen molar-refractivity contribution in [2.75, 3.05) is 33.4 Å². The van der Waals surface area contributed by atoms with Gasteiger partial charge in [0.25, 0.3) is 5.91 Å². The molecule has 1 heterocycles. The van der Waals surface area contributed by atoms with Crippen molar-refractivity contribution in [1.82, 2.24) is 10.2 Å². The zero-order valence-corrected chi connectivity index (χ0v) is 17.4. The lowest BCUT2D eigenvalue weighted by atomic mass is 10.1. The van der Waals surface area contributed by atoms with Crippen molar-refractivity contribution < 1.29 is 19.0 Å². The largest absolute Gasteiger partial charge is 0.493 e. The number of hydrogen-bond donors (Lipinski definition) is 1. The summed E-state index contributed by atoms with van der Waals surface area (Å²) in [5.41, 5.74) is 1.84. The summed E-state index contributed by atoms with van der Waals surface area (Å²) in [6.07, 6.45) is 0.503. The highest BCUT2D eigenvalue weighted by molar-refractivity contribution is 5.94. The Morgan fingerprint density at radius 3 is 2.38 bits per heavy atom. The molecule has 29 heavy (non-hydrogen) atoms. The van der Waals surface area contributed by atoms with Crippen LogP contribution in [-0.2, 0) is 11.3 Å². The number of hydrogen-bond acceptors (Lipinski definition) is 5. The summed E-state index contributed by atoms with van der Waals surface area (Å²) in [5.74, 6) is 1.24. The molecule has 1 saturated heterocycles. The highest BCUT2D eigenvalue weighted by atomic mass is 16.5. The van der Waals surface area contributed by atoms with E-state index in [0.29, 0.717) is 30.2 Å². The van der Waals surface area contributed by atoms with E-state index < -0.39 is 0 Å². The maximum Gasteiger partial charge on any atom is 0.251 e. The van der Waals surface area contributed by atoms with Gasteiger partial charge in [-0.3, -0.25) is 9.69 Å². The molecule has 0 aromatic heterocycles. The van der Waals surface area contributed by atoms with Crippen molar-refractivity contribution in [2.45, 2.75) is 32.6 Å². The minimum atomic E-state index is -0.103. The lowest BCUT2D eigenvalue weighted by Crippen LogP contribution is -2.44. The fourth-order valence-corrected chi connectivity index (χ4v) is 3.60. The van der Waals surface area contributed by atoms with Gasteiger partial charge in [-0.25, -0.2) is 0 Å². The Kier molecular flexibility index (Phi) is 7.49. The van der Waals surface area contributed by atoms with Crippen LogP contribution < -0.4 is 14.8 Å². The Balaban J connectivity index is 1.44. The Morgan fingerprint density at radius 1 is 1.07 bits per heavy atom. The standard InChI is InChI=1S/C23H30N2O4/c1-17-14-25(15-18(2)29-17)16-19-8-10-20(11-9-19)23(26)24-12-13-28-22-7-5-4-6-21(22)27-3/h4-11,17-18H,12-16H2,1-3H3,(H,24,26). The van der Waals surface area contributed by atoms with E-state index in [9.17, 15) is 4.79 Å². The molecule has 3 rings (SSSR count). The molecule has 6 nitrogen and oxygen atoms in total. The van der Waals surface area contributed by atoms with Crippen molar-refractivity contribution in [3.63, 3.8) is 0 Å². The second-order valence-electron chi connectivity index (χ2n) is 7.40. The van der Waals surface area contributed by atoms with Gasteiger partial charge in [0.1, 0.15) is 6.61 Å². The van der Waals surface area contributed by atoms with E-state index in [1.54, 1.807) is 7.11 Å². The molecule has 1 fully saturated rings. The molecular formula is C23H30N2O4. The lowest BCUT2D eigenvalue weighted by Gasteiger charge is -2.35. The highest BCUT2D eigenvalue weighted by Crippen LogP contribution is 2.25. The molecule has 1 aliphatic rings. The first-order valence-electron chi connectivity index (χ1n) is 10.1. The number of benzene rings is 2. The molecule has 1 aliphatic heterocycles. The number of rotatable bonds is 8. The van der Waals surface area contributed by atoms with Crippen LogP contribution in [0.15, 0.2) is 48.5 Å². The number of ether oxygens (including phenoxy) is 3. The van der Waals surface area contributed by atoms with Crippen molar-refractivity contribution in [1.29, 1.82) is 0 Å². The van der Waals surface area contributed by atoms with Crippen LogP contribution >= 0.6 is 0 Å². The van der Waals surface area contributed by atoms with Crippen LogP contribution in [0.5, 0.6) is 11.5 Å². The quantitative estimate of drug-likeness (QED) is 0.693. The predicted molar refractivity (Wildman–Crippen MR) is 113 cm³/mol. The van der Waals surface area contributed by atoms with Crippen molar-refractivity contribution in [3.05, 3.63) is 59.7 Å². The van der Waals surface area contributed by atoms with Gasteiger partial charge in [-0.15, -0.1) is 0 Å². The van der Waals surface area contributed by atoms with Crippen molar-refractivity contribution in [2.24, 2.45) is 0 Å². The summed E-state index contributed by atoms with van der Waals surface area (Å²) in [5, 5.41) is 2.89. The first-order valence-corrected chi connectivity index (χ1v) is 10.1. The van der Waals surface area contributed by atoms with E-state index >= 15 is 0 Å². The summed E-state index contributed by atoms with van der Waals surface area (Å²) < 4.78 is 16.7. The van der Waals surface area contributed by atoms with Crippen LogP contribution in [0.2, 0.25) is 0 Å². The Bertz CT molecular complexity index is 784. The molecule has 0 bridgehead atoms. The minimum absolute atomic E-state index is 0.103. The van der Waals surface area contributed by atoms with Crippen molar-refractivity contribution in [3.8, 4) is 11.5 Å². The number of morpholine rings is 1. The maximum atomic E-state index is 12.3. The predicted octanol–water partition coefficient (Wildman–Crippen LogP) is 3.11. The average Bonchev–Trinajstić information content (AvgIpc) is 2.71. The minimum Gasteiger partial charge on any atom is -0.493 e. The van der Waals surface area contributed by atoms with Crippen LogP contribution in [0.25, 0.3) is 0 Å². The number of carbonyl (C=O) groups is 1. The topological polar surface area (TPSA) is 60.0 Å². The van der Waals surface area contributed by atoms with E-state index in [1.165, 1.54) is 5.56 Å². The number of carbonyl (C=O) groups excluding carboxylic acids is 1. The van der Waals surface area contributed by atoms with E-state index in [1.807, 2.05) is 48.5 Å². The van der Waals surface area contributed by atoms with Gasteiger partial charge >= 0.3 is 0 Å². The summed E-state index contributed by atoms with van der Waals surface area (Å²) >= 11 is 0. The third-order valence-electron chi connectivity index (χ3n) is 4.83. The molecule has 6 heteroatoms. The smallest absolute Gasteiger partial charge is 0.251 e. The lowest BCUT2D eigenvalue weighted by molar-refractivity contribution is -0.0704. The number of amides is 1. The monoisotopic (exact) mass is 398 g/mol. The molecular weight excluding hydrogens is 368 g/mol. The number of nitrogens with zero attached hydrogens (tertiary/aromatic N) is 1. The molecule has 2 unspecified atom stereocenters. The Morgan fingerprint density at radius 2 is 1.72 bits per heavy atom. The molecule has 2 aromatic rings. The second-order valence-corrected chi connectivity index (χ2v) is 7.40. The van der Waals surface area contributed by atoms with Gasteiger partial charge in [-0.2, -0.15) is 0 Å². The van der Waals surface area contributed by atoms with Gasteiger partial charge in [0.15, 0.2) is 11.5 Å². The normalized spacial score (nSPS) is 19.6. The van der Waals surface area contributed by atoms with Gasteiger partial charge in [0.2, 0.25) is 0 Å². The van der Waals surface area contributed by atoms with E-state index in [4.69, 9.17) is 14.2 Å². The third-order valence-corrected chi connectivity index (χ3v) is 4.83. The van der Waals surface area contributed by atoms with Crippen LogP contribution in [0.1, 0.15) is 29.8 Å². The molecule has 1 N–H and O–H groups in total. The number of methoxy groups -OCH3 is 1.